The van der Waals surface area contributed by atoms with Gasteiger partial charge in [-0.05, 0) is 22.0 Å². The van der Waals surface area contributed by atoms with Crippen LogP contribution in [-0.4, -0.2) is 11.3 Å². The third kappa shape index (κ3) is 3.44. The van der Waals surface area contributed by atoms with Gasteiger partial charge in [0.1, 0.15) is 4.60 Å². The third-order valence-corrected chi connectivity index (χ3v) is 2.29. The molecule has 0 bridgehead atoms. The van der Waals surface area contributed by atoms with Gasteiger partial charge in [-0.15, -0.1) is 13.2 Å². The summed E-state index contributed by atoms with van der Waals surface area (Å²) in [6.45, 7) is 0. The van der Waals surface area contributed by atoms with Crippen molar-refractivity contribution in [1.82, 2.24) is 4.98 Å². The van der Waals surface area contributed by atoms with E-state index in [1.54, 1.807) is 0 Å². The zero-order valence-corrected chi connectivity index (χ0v) is 9.50. The van der Waals surface area contributed by atoms with Crippen LogP contribution >= 0.6 is 27.5 Å². The Morgan fingerprint density at radius 3 is 2.38 bits per heavy atom. The molecule has 0 fully saturated rings. The first kappa shape index (κ1) is 13.4. The number of rotatable bonds is 2. The molecule has 0 aliphatic rings. The molecule has 0 saturated carbocycles. The number of hydrogen-bond donors (Lipinski definition) is 0. The molecule has 0 spiro atoms. The highest BCUT2D eigenvalue weighted by Gasteiger charge is 2.33. The van der Waals surface area contributed by atoms with E-state index >= 15 is 0 Å². The minimum atomic E-state index is -5.02. The molecule has 0 unspecified atom stereocenters. The predicted molar refractivity (Wildman–Crippen MR) is 48.6 cm³/mol. The van der Waals surface area contributed by atoms with Crippen molar-refractivity contribution in [1.29, 1.82) is 0 Å². The summed E-state index contributed by atoms with van der Waals surface area (Å²) in [6, 6.07) is 0.484. The van der Waals surface area contributed by atoms with Crippen LogP contribution in [-0.2, 0) is 0 Å². The molecule has 0 amide bonds. The van der Waals surface area contributed by atoms with Crippen molar-refractivity contribution < 1.29 is 26.7 Å². The summed E-state index contributed by atoms with van der Waals surface area (Å²) in [5.74, 6) is -0.965. The van der Waals surface area contributed by atoms with Crippen LogP contribution in [0.1, 0.15) is 12.0 Å². The van der Waals surface area contributed by atoms with E-state index in [0.717, 1.165) is 0 Å². The van der Waals surface area contributed by atoms with Gasteiger partial charge in [-0.3, -0.25) is 0 Å². The Kier molecular flexibility index (Phi) is 3.95. The lowest BCUT2D eigenvalue weighted by Gasteiger charge is -2.12. The minimum absolute atomic E-state index is 0.331. The maximum absolute atomic E-state index is 12.3. The van der Waals surface area contributed by atoms with E-state index in [1.807, 2.05) is 0 Å². The molecule has 0 saturated heterocycles. The van der Waals surface area contributed by atoms with Gasteiger partial charge in [-0.1, -0.05) is 11.6 Å². The van der Waals surface area contributed by atoms with Crippen molar-refractivity contribution in [3.63, 3.8) is 0 Å². The average Bonchev–Trinajstić information content (AvgIpc) is 2.07. The zero-order valence-electron chi connectivity index (χ0n) is 7.16. The lowest BCUT2D eigenvalue weighted by atomic mass is 10.3. The summed E-state index contributed by atoms with van der Waals surface area (Å²) in [7, 11) is 0. The number of halogens is 7. The van der Waals surface area contributed by atoms with Gasteiger partial charge in [0.25, 0.3) is 6.43 Å². The molecule has 0 aromatic carbocycles. The fraction of sp³-hybridized carbons (Fsp3) is 0.286. The molecule has 0 aliphatic carbocycles. The Morgan fingerprint density at radius 2 is 1.94 bits per heavy atom. The molecular formula is C7H2BrClF5NO. The quantitative estimate of drug-likeness (QED) is 0.596. The molecule has 1 heterocycles. The monoisotopic (exact) mass is 325 g/mol. The van der Waals surface area contributed by atoms with Gasteiger partial charge in [-0.2, -0.15) is 0 Å². The molecule has 2 nitrogen and oxygen atoms in total. The van der Waals surface area contributed by atoms with Gasteiger partial charge >= 0.3 is 6.36 Å². The number of ether oxygens (including phenoxy) is 1. The van der Waals surface area contributed by atoms with Crippen molar-refractivity contribution in [2.24, 2.45) is 0 Å². The van der Waals surface area contributed by atoms with Crippen molar-refractivity contribution in [2.45, 2.75) is 12.8 Å². The van der Waals surface area contributed by atoms with E-state index in [-0.39, 0.29) is 4.60 Å². The zero-order chi connectivity index (χ0) is 12.5. The molecule has 0 aliphatic heterocycles. The van der Waals surface area contributed by atoms with E-state index in [4.69, 9.17) is 11.6 Å². The standard InChI is InChI=1S/C7H2BrClF5NO/c8-4-2(6(10)11)1-3(5(9)15-4)16-7(12,13)14/h1,6H. The molecule has 1 rings (SSSR count). The summed E-state index contributed by atoms with van der Waals surface area (Å²) in [4.78, 5) is 3.26. The third-order valence-electron chi connectivity index (χ3n) is 1.39. The van der Waals surface area contributed by atoms with Gasteiger partial charge in [0, 0.05) is 0 Å². The SMILES string of the molecule is FC(F)c1cc(OC(F)(F)F)c(Cl)nc1Br. The van der Waals surface area contributed by atoms with E-state index in [1.165, 1.54) is 0 Å². The van der Waals surface area contributed by atoms with Crippen molar-refractivity contribution >= 4 is 27.5 Å². The topological polar surface area (TPSA) is 22.1 Å². The van der Waals surface area contributed by atoms with Gasteiger partial charge in [0.05, 0.1) is 5.56 Å². The van der Waals surface area contributed by atoms with Gasteiger partial charge in [-0.25, -0.2) is 13.8 Å². The molecule has 90 valence electrons. The number of alkyl halides is 5. The molecule has 9 heteroatoms. The Bertz CT molecular complexity index is 397. The summed E-state index contributed by atoms with van der Waals surface area (Å²) >= 11 is 7.95. The number of aromatic nitrogens is 1. The maximum atomic E-state index is 12.3. The molecule has 1 aromatic rings. The molecular weight excluding hydrogens is 324 g/mol. The molecule has 0 radical (unpaired) electrons. The Balaban J connectivity index is 3.15. The first-order valence-corrected chi connectivity index (χ1v) is 4.77. The normalized spacial score (nSPS) is 12.0. The summed E-state index contributed by atoms with van der Waals surface area (Å²) < 4.78 is 63.3. The van der Waals surface area contributed by atoms with Crippen LogP contribution in [0.2, 0.25) is 5.15 Å². The fourth-order valence-electron chi connectivity index (χ4n) is 0.815. The molecule has 1 aromatic heterocycles. The number of hydrogen-bond acceptors (Lipinski definition) is 2. The van der Waals surface area contributed by atoms with Gasteiger partial charge < -0.3 is 4.74 Å². The molecule has 0 atom stereocenters. The molecule has 16 heavy (non-hydrogen) atoms. The van der Waals surface area contributed by atoms with Crippen molar-refractivity contribution in [2.75, 3.05) is 0 Å². The van der Waals surface area contributed by atoms with E-state index in [2.05, 4.69) is 25.7 Å². The van der Waals surface area contributed by atoms with Crippen LogP contribution in [0.4, 0.5) is 22.0 Å². The molecule has 0 N–H and O–H groups in total. The first-order valence-electron chi connectivity index (χ1n) is 3.60. The fourth-order valence-corrected chi connectivity index (χ4v) is 1.56. The second kappa shape index (κ2) is 4.70. The lowest BCUT2D eigenvalue weighted by molar-refractivity contribution is -0.274. The second-order valence-electron chi connectivity index (χ2n) is 2.51. The second-order valence-corrected chi connectivity index (χ2v) is 3.62. The van der Waals surface area contributed by atoms with Crippen LogP contribution in [0.3, 0.4) is 0 Å². The summed E-state index contributed by atoms with van der Waals surface area (Å²) in [6.07, 6.45) is -8.01. The van der Waals surface area contributed by atoms with Gasteiger partial charge in [0.15, 0.2) is 10.9 Å². The van der Waals surface area contributed by atoms with Crippen LogP contribution < -0.4 is 4.74 Å². The van der Waals surface area contributed by atoms with Crippen molar-refractivity contribution in [3.05, 3.63) is 21.4 Å². The number of pyridine rings is 1. The van der Waals surface area contributed by atoms with Crippen LogP contribution in [0.5, 0.6) is 5.75 Å². The highest BCUT2D eigenvalue weighted by Crippen LogP contribution is 2.35. The average molecular weight is 326 g/mol. The number of nitrogens with zero attached hydrogens (tertiary/aromatic N) is 1. The largest absolute Gasteiger partial charge is 0.573 e. The van der Waals surface area contributed by atoms with Crippen LogP contribution in [0.25, 0.3) is 0 Å². The summed E-state index contributed by atoms with van der Waals surface area (Å²) in [5.41, 5.74) is -0.733. The highest BCUT2D eigenvalue weighted by molar-refractivity contribution is 9.10. The minimum Gasteiger partial charge on any atom is -0.402 e. The predicted octanol–water partition coefficient (Wildman–Crippen LogP) is 4.33. The van der Waals surface area contributed by atoms with E-state index in [0.29, 0.717) is 6.07 Å². The van der Waals surface area contributed by atoms with Crippen LogP contribution in [0, 0.1) is 0 Å². The Hall–Kier alpha value is -0.630. The van der Waals surface area contributed by atoms with E-state index in [9.17, 15) is 22.0 Å². The highest BCUT2D eigenvalue weighted by atomic mass is 79.9. The maximum Gasteiger partial charge on any atom is 0.573 e. The smallest absolute Gasteiger partial charge is 0.402 e. The van der Waals surface area contributed by atoms with Crippen LogP contribution in [0.15, 0.2) is 10.7 Å². The van der Waals surface area contributed by atoms with Gasteiger partial charge in [0.2, 0.25) is 0 Å². The first-order chi connectivity index (χ1) is 7.20. The van der Waals surface area contributed by atoms with Crippen molar-refractivity contribution in [3.8, 4) is 5.75 Å². The Morgan fingerprint density at radius 1 is 1.38 bits per heavy atom. The van der Waals surface area contributed by atoms with E-state index < -0.39 is 29.3 Å². The Labute approximate surface area is 99.5 Å². The lowest BCUT2D eigenvalue weighted by Crippen LogP contribution is -2.18. The summed E-state index contributed by atoms with van der Waals surface area (Å²) in [5, 5.41) is -0.659.